The largest absolute Gasteiger partial charge is 0.339 e. The van der Waals surface area contributed by atoms with Crippen molar-refractivity contribution in [3.8, 4) is 0 Å². The quantitative estimate of drug-likeness (QED) is 0.873. The van der Waals surface area contributed by atoms with Crippen molar-refractivity contribution in [2.45, 2.75) is 50.1 Å². The Bertz CT molecular complexity index is 510. The topological polar surface area (TPSA) is 71.4 Å². The van der Waals surface area contributed by atoms with Crippen molar-refractivity contribution >= 4 is 0 Å². The predicted molar refractivity (Wildman–Crippen MR) is 78.8 cm³/mol. The molecule has 4 aliphatic rings. The zero-order chi connectivity index (χ0) is 14.4. The van der Waals surface area contributed by atoms with Crippen molar-refractivity contribution in [1.29, 1.82) is 0 Å². The minimum Gasteiger partial charge on any atom is -0.339 e. The van der Waals surface area contributed by atoms with Gasteiger partial charge in [0, 0.05) is 38.8 Å². The Labute approximate surface area is 125 Å². The van der Waals surface area contributed by atoms with Gasteiger partial charge in [-0.05, 0) is 19.8 Å². The second-order valence-corrected chi connectivity index (χ2v) is 7.08. The first kappa shape index (κ1) is 13.7. The summed E-state index contributed by atoms with van der Waals surface area (Å²) in [6, 6.07) is 0.430. The van der Waals surface area contributed by atoms with Gasteiger partial charge in [-0.15, -0.1) is 0 Å². The van der Waals surface area contributed by atoms with Crippen LogP contribution in [0.2, 0.25) is 0 Å². The lowest BCUT2D eigenvalue weighted by Gasteiger charge is -2.46. The molecule has 0 aromatic carbocycles. The molecule has 6 nitrogen and oxygen atoms in total. The molecule has 4 fully saturated rings. The van der Waals surface area contributed by atoms with Crippen LogP contribution in [0.3, 0.4) is 0 Å². The Kier molecular flexibility index (Phi) is 3.28. The van der Waals surface area contributed by atoms with Gasteiger partial charge >= 0.3 is 0 Å². The molecular formula is C15H25N5O. The maximum Gasteiger partial charge on any atom is 0.234 e. The van der Waals surface area contributed by atoms with Crippen LogP contribution in [0, 0.1) is 0 Å². The van der Waals surface area contributed by atoms with E-state index in [1.54, 1.807) is 0 Å². The molecule has 3 unspecified atom stereocenters. The van der Waals surface area contributed by atoms with E-state index in [4.69, 9.17) is 15.2 Å². The molecule has 2 N–H and O–H groups in total. The molecule has 116 valence electrons. The Balaban J connectivity index is 1.58. The Morgan fingerprint density at radius 1 is 1.24 bits per heavy atom. The fourth-order valence-corrected chi connectivity index (χ4v) is 4.09. The highest BCUT2D eigenvalue weighted by molar-refractivity contribution is 5.12. The third-order valence-corrected chi connectivity index (χ3v) is 5.79. The first-order valence-corrected chi connectivity index (χ1v) is 8.23. The molecule has 2 bridgehead atoms. The molecule has 6 heteroatoms. The molecule has 21 heavy (non-hydrogen) atoms. The second kappa shape index (κ2) is 5.04. The number of nitrogens with zero attached hydrogens (tertiary/aromatic N) is 4. The summed E-state index contributed by atoms with van der Waals surface area (Å²) in [6.45, 7) is 7.79. The van der Waals surface area contributed by atoms with Crippen LogP contribution in [0.4, 0.5) is 0 Å². The van der Waals surface area contributed by atoms with Gasteiger partial charge in [0.25, 0.3) is 0 Å². The predicted octanol–water partition coefficient (Wildman–Crippen LogP) is 0.901. The summed E-state index contributed by atoms with van der Waals surface area (Å²) in [7, 11) is 0. The standard InChI is InChI=1S/C15H25N5O/c1-15(5-3-2-4-12(15)16)14-17-13(18-21-14)11-10-19-6-8-20(11)9-7-19/h11-12H,2-10,16H2,1H3. The maximum absolute atomic E-state index is 6.35. The number of hydrogen-bond acceptors (Lipinski definition) is 6. The molecule has 1 aromatic heterocycles. The molecule has 0 spiro atoms. The van der Waals surface area contributed by atoms with Crippen molar-refractivity contribution in [2.75, 3.05) is 32.7 Å². The fourth-order valence-electron chi connectivity index (χ4n) is 4.09. The Morgan fingerprint density at radius 2 is 2.05 bits per heavy atom. The highest BCUT2D eigenvalue weighted by atomic mass is 16.5. The summed E-state index contributed by atoms with van der Waals surface area (Å²) >= 11 is 0. The molecule has 0 radical (unpaired) electrons. The summed E-state index contributed by atoms with van der Waals surface area (Å²) in [5.74, 6) is 1.61. The van der Waals surface area contributed by atoms with E-state index in [9.17, 15) is 0 Å². The second-order valence-electron chi connectivity index (χ2n) is 7.08. The summed E-state index contributed by atoms with van der Waals surface area (Å²) < 4.78 is 5.65. The van der Waals surface area contributed by atoms with Gasteiger partial charge in [0.15, 0.2) is 5.82 Å². The molecule has 3 atom stereocenters. The Morgan fingerprint density at radius 3 is 2.71 bits per heavy atom. The molecule has 3 saturated heterocycles. The van der Waals surface area contributed by atoms with Crippen molar-refractivity contribution < 1.29 is 4.52 Å². The van der Waals surface area contributed by atoms with Crippen LogP contribution in [0.15, 0.2) is 4.52 Å². The normalized spacial score (nSPS) is 43.1. The lowest BCUT2D eigenvalue weighted by Crippen LogP contribution is -2.57. The first-order chi connectivity index (χ1) is 10.2. The van der Waals surface area contributed by atoms with Crippen LogP contribution in [0.1, 0.15) is 50.4 Å². The summed E-state index contributed by atoms with van der Waals surface area (Å²) in [6.07, 6.45) is 4.52. The molecule has 1 saturated carbocycles. The van der Waals surface area contributed by atoms with Crippen molar-refractivity contribution in [1.82, 2.24) is 19.9 Å². The van der Waals surface area contributed by atoms with Gasteiger partial charge in [-0.25, -0.2) is 0 Å². The van der Waals surface area contributed by atoms with E-state index < -0.39 is 0 Å². The molecule has 1 aromatic rings. The van der Waals surface area contributed by atoms with Crippen LogP contribution in [-0.4, -0.2) is 58.7 Å². The van der Waals surface area contributed by atoms with E-state index in [0.717, 1.165) is 44.2 Å². The summed E-state index contributed by atoms with van der Waals surface area (Å²) in [4.78, 5) is 9.75. The van der Waals surface area contributed by atoms with Crippen molar-refractivity contribution in [2.24, 2.45) is 5.73 Å². The van der Waals surface area contributed by atoms with Crippen LogP contribution in [0.5, 0.6) is 0 Å². The highest BCUT2D eigenvalue weighted by Gasteiger charge is 2.42. The summed E-state index contributed by atoms with van der Waals surface area (Å²) in [5, 5.41) is 4.30. The van der Waals surface area contributed by atoms with Gasteiger partial charge in [0.1, 0.15) is 0 Å². The van der Waals surface area contributed by atoms with E-state index >= 15 is 0 Å². The molecule has 5 rings (SSSR count). The number of fused-ring (bicyclic) bond motifs is 3. The molecule has 4 heterocycles. The van der Waals surface area contributed by atoms with Crippen LogP contribution >= 0.6 is 0 Å². The number of piperazine rings is 3. The Hall–Kier alpha value is -0.980. The minimum absolute atomic E-state index is 0.131. The van der Waals surface area contributed by atoms with E-state index in [2.05, 4.69) is 21.9 Å². The van der Waals surface area contributed by atoms with Gasteiger partial charge in [0.05, 0.1) is 11.5 Å². The number of rotatable bonds is 2. The lowest BCUT2D eigenvalue weighted by molar-refractivity contribution is 0.00780. The molecule has 1 aliphatic carbocycles. The smallest absolute Gasteiger partial charge is 0.234 e. The van der Waals surface area contributed by atoms with Gasteiger partial charge in [-0.1, -0.05) is 18.0 Å². The minimum atomic E-state index is -0.146. The molecule has 3 aliphatic heterocycles. The van der Waals surface area contributed by atoms with E-state index in [-0.39, 0.29) is 11.5 Å². The molecule has 0 amide bonds. The monoisotopic (exact) mass is 291 g/mol. The summed E-state index contributed by atoms with van der Waals surface area (Å²) in [5.41, 5.74) is 6.20. The third kappa shape index (κ3) is 2.20. The number of aromatic nitrogens is 2. The highest BCUT2D eigenvalue weighted by Crippen LogP contribution is 2.38. The van der Waals surface area contributed by atoms with Gasteiger partial charge in [0.2, 0.25) is 5.89 Å². The molecular weight excluding hydrogens is 266 g/mol. The van der Waals surface area contributed by atoms with Crippen molar-refractivity contribution in [3.05, 3.63) is 11.7 Å². The van der Waals surface area contributed by atoms with Crippen LogP contribution in [0.25, 0.3) is 0 Å². The lowest BCUT2D eigenvalue weighted by atomic mass is 9.72. The average molecular weight is 291 g/mol. The van der Waals surface area contributed by atoms with E-state index in [1.807, 2.05) is 0 Å². The maximum atomic E-state index is 6.35. The zero-order valence-corrected chi connectivity index (χ0v) is 12.8. The van der Waals surface area contributed by atoms with Gasteiger partial charge in [-0.3, -0.25) is 9.80 Å². The first-order valence-electron chi connectivity index (χ1n) is 8.23. The van der Waals surface area contributed by atoms with Crippen molar-refractivity contribution in [3.63, 3.8) is 0 Å². The number of nitrogens with two attached hydrogens (primary N) is 1. The SMILES string of the molecule is CC1(c2nc(C3CN4CCN3CC4)no2)CCCCC1N. The van der Waals surface area contributed by atoms with Crippen LogP contribution in [-0.2, 0) is 5.41 Å². The van der Waals surface area contributed by atoms with Gasteiger partial charge < -0.3 is 10.3 Å². The third-order valence-electron chi connectivity index (χ3n) is 5.79. The van der Waals surface area contributed by atoms with E-state index in [1.165, 1.54) is 25.9 Å². The van der Waals surface area contributed by atoms with Gasteiger partial charge in [-0.2, -0.15) is 4.98 Å². The van der Waals surface area contributed by atoms with E-state index in [0.29, 0.717) is 6.04 Å². The fraction of sp³-hybridized carbons (Fsp3) is 0.867. The number of hydrogen-bond donors (Lipinski definition) is 1. The average Bonchev–Trinajstić information content (AvgIpc) is 3.02. The zero-order valence-electron chi connectivity index (χ0n) is 12.8. The van der Waals surface area contributed by atoms with Crippen LogP contribution < -0.4 is 5.73 Å².